The molecule has 5 atom stereocenters. The maximum atomic E-state index is 15.0. The number of aliphatic hydroxyl groups excluding tert-OH is 1. The van der Waals surface area contributed by atoms with Crippen molar-refractivity contribution in [3.05, 3.63) is 83.4 Å². The molecule has 3 amide bonds. The lowest BCUT2D eigenvalue weighted by molar-refractivity contribution is -0.150. The highest BCUT2D eigenvalue weighted by Crippen LogP contribution is 2.60. The molecule has 0 bridgehead atoms. The Hall–Kier alpha value is -4.03. The number of carbonyl (C=O) groups is 3. The van der Waals surface area contributed by atoms with Crippen LogP contribution in [-0.2, 0) is 37.7 Å². The summed E-state index contributed by atoms with van der Waals surface area (Å²) in [5, 5.41) is 9.89. The first kappa shape index (κ1) is 33.5. The van der Waals surface area contributed by atoms with Crippen LogP contribution in [0, 0.1) is 5.92 Å². The number of nitrogens with zero attached hydrogens (tertiary/aromatic N) is 3. The van der Waals surface area contributed by atoms with Gasteiger partial charge in [-0.05, 0) is 79.9 Å². The average molecular weight is 684 g/mol. The molecule has 2 saturated heterocycles. The maximum absolute atomic E-state index is 15.0. The largest absolute Gasteiger partial charge is 0.497 e. The van der Waals surface area contributed by atoms with Crippen molar-refractivity contribution in [2.24, 2.45) is 5.92 Å². The van der Waals surface area contributed by atoms with Crippen LogP contribution in [-0.4, -0.2) is 73.2 Å². The third-order valence-electron chi connectivity index (χ3n) is 11.1. The van der Waals surface area contributed by atoms with E-state index in [1.165, 1.54) is 0 Å². The van der Waals surface area contributed by atoms with Gasteiger partial charge in [0.15, 0.2) is 13.9 Å². The van der Waals surface area contributed by atoms with Crippen molar-refractivity contribution in [1.29, 1.82) is 0 Å². The van der Waals surface area contributed by atoms with Gasteiger partial charge >= 0.3 is 0 Å². The summed E-state index contributed by atoms with van der Waals surface area (Å²) in [6.45, 7) is 6.35. The number of amides is 3. The van der Waals surface area contributed by atoms with Crippen molar-refractivity contribution in [2.75, 3.05) is 30.1 Å². The molecule has 1 spiro atoms. The normalized spacial score (nSPS) is 26.4. The van der Waals surface area contributed by atoms with E-state index in [-0.39, 0.29) is 43.3 Å². The Morgan fingerprint density at radius 2 is 1.84 bits per heavy atom. The number of likely N-dealkylation sites (tertiary alicyclic amines) is 1. The molecule has 4 aliphatic rings. The van der Waals surface area contributed by atoms with Gasteiger partial charge in [0.25, 0.3) is 5.91 Å². The second kappa shape index (κ2) is 12.7. The molecule has 49 heavy (non-hydrogen) atoms. The number of methoxy groups -OCH3 is 1. The lowest BCUT2D eigenvalue weighted by Crippen LogP contribution is -2.46. The van der Waals surface area contributed by atoms with Crippen molar-refractivity contribution in [2.45, 2.75) is 82.0 Å². The first-order valence-corrected chi connectivity index (χ1v) is 20.3. The average Bonchev–Trinajstić information content (AvgIpc) is 3.75. The fourth-order valence-electron chi connectivity index (χ4n) is 8.87. The van der Waals surface area contributed by atoms with Crippen LogP contribution >= 0.6 is 0 Å². The van der Waals surface area contributed by atoms with Crippen LogP contribution in [0.3, 0.4) is 0 Å². The molecular weight excluding hydrogens is 639 g/mol. The summed E-state index contributed by atoms with van der Waals surface area (Å²) in [7, 11) is -1.41. The Labute approximate surface area is 288 Å². The van der Waals surface area contributed by atoms with E-state index < -0.39 is 31.5 Å². The summed E-state index contributed by atoms with van der Waals surface area (Å²) >= 11 is 0. The van der Waals surface area contributed by atoms with Gasteiger partial charge in [-0.1, -0.05) is 37.3 Å². The Morgan fingerprint density at radius 1 is 1.04 bits per heavy atom. The predicted octanol–water partition coefficient (Wildman–Crippen LogP) is 5.02. The van der Waals surface area contributed by atoms with E-state index in [1.54, 1.807) is 21.8 Å². The van der Waals surface area contributed by atoms with E-state index in [1.807, 2.05) is 80.7 Å². The third kappa shape index (κ3) is 5.56. The second-order valence-electron chi connectivity index (χ2n) is 14.4. The number of aryl methyl sites for hydroxylation is 1. The van der Waals surface area contributed by atoms with Gasteiger partial charge in [0, 0.05) is 35.7 Å². The number of rotatable bonds is 8. The van der Waals surface area contributed by atoms with Crippen molar-refractivity contribution >= 4 is 43.1 Å². The second-order valence-corrected chi connectivity index (χ2v) is 18.4. The molecule has 0 radical (unpaired) electrons. The monoisotopic (exact) mass is 683 g/mol. The van der Waals surface area contributed by atoms with E-state index >= 15 is 0 Å². The number of ether oxygens (including phenoxy) is 2. The molecule has 0 unspecified atom stereocenters. The molecule has 3 aromatic carbocycles. The Balaban J connectivity index is 1.25. The SMILES string of the molecule is COc1ccc2c(c1)[C@]1(O[C@@H](CC(=O)N3CCC[C@H]3CO)[C@H]([Si](C)(C)O)[C@H]1C)C(=O)N2Cc1cccc(N2C(=O)CCc3ccccc32)c1. The number of carbonyl (C=O) groups excluding carboxylic acids is 3. The summed E-state index contributed by atoms with van der Waals surface area (Å²) < 4.78 is 12.5. The minimum absolute atomic E-state index is 0.0181. The summed E-state index contributed by atoms with van der Waals surface area (Å²) in [6.07, 6.45) is 2.03. The van der Waals surface area contributed by atoms with E-state index in [2.05, 4.69) is 6.07 Å². The Morgan fingerprint density at radius 3 is 2.59 bits per heavy atom. The fourth-order valence-corrected chi connectivity index (χ4v) is 11.4. The summed E-state index contributed by atoms with van der Waals surface area (Å²) in [5.74, 6) is -0.221. The zero-order chi connectivity index (χ0) is 34.7. The molecule has 4 aliphatic heterocycles. The third-order valence-corrected chi connectivity index (χ3v) is 13.6. The Bertz CT molecular complexity index is 1790. The standard InChI is InChI=1S/C38H45N3O7Si/c1-24-36(49(3,4)46)33(21-35(44)39-18-8-12-28(39)23-42)48-38(24)30-20-29(47-2)15-16-32(30)40(37(38)45)22-25-9-7-11-27(19-25)41-31-13-6-5-10-26(31)14-17-34(41)43/h5-7,9-11,13,15-16,19-20,24,28,33,36,42,46H,8,12,14,17-18,21-23H2,1-4H3/t24-,28+,33+,36-,38+/m1/s1. The molecule has 11 heteroatoms. The zero-order valence-electron chi connectivity index (χ0n) is 28.6. The number of hydrogen-bond donors (Lipinski definition) is 2. The summed E-state index contributed by atoms with van der Waals surface area (Å²) in [5.41, 5.74) is 3.07. The molecule has 0 aromatic heterocycles. The molecule has 258 valence electrons. The van der Waals surface area contributed by atoms with E-state index in [9.17, 15) is 24.3 Å². The molecule has 10 nitrogen and oxygen atoms in total. The zero-order valence-corrected chi connectivity index (χ0v) is 29.6. The van der Waals surface area contributed by atoms with Gasteiger partial charge in [-0.2, -0.15) is 0 Å². The quantitative estimate of drug-likeness (QED) is 0.320. The number of fused-ring (bicyclic) bond motifs is 3. The molecule has 2 N–H and O–H groups in total. The molecule has 7 rings (SSSR count). The maximum Gasteiger partial charge on any atom is 0.264 e. The van der Waals surface area contributed by atoms with Gasteiger partial charge in [-0.15, -0.1) is 0 Å². The van der Waals surface area contributed by atoms with Gasteiger partial charge in [0.2, 0.25) is 11.8 Å². The molecule has 0 aliphatic carbocycles. The number of anilines is 3. The minimum Gasteiger partial charge on any atom is -0.497 e. The highest BCUT2D eigenvalue weighted by Gasteiger charge is 2.66. The minimum atomic E-state index is -2.99. The topological polar surface area (TPSA) is 120 Å². The van der Waals surface area contributed by atoms with Crippen LogP contribution < -0.4 is 14.5 Å². The van der Waals surface area contributed by atoms with Crippen LogP contribution in [0.2, 0.25) is 18.6 Å². The fraction of sp³-hybridized carbons (Fsp3) is 0.447. The lowest BCUT2D eigenvalue weighted by Gasteiger charge is -2.33. The molecule has 0 saturated carbocycles. The number of hydrogen-bond acceptors (Lipinski definition) is 7. The van der Waals surface area contributed by atoms with Crippen molar-refractivity contribution < 1.29 is 33.8 Å². The summed E-state index contributed by atoms with van der Waals surface area (Å²) in [6, 6.07) is 21.0. The van der Waals surface area contributed by atoms with Gasteiger partial charge < -0.3 is 29.2 Å². The molecule has 3 aromatic rings. The van der Waals surface area contributed by atoms with Crippen LogP contribution in [0.25, 0.3) is 0 Å². The number of benzene rings is 3. The molecule has 2 fully saturated rings. The van der Waals surface area contributed by atoms with Gasteiger partial charge in [0.1, 0.15) is 5.75 Å². The van der Waals surface area contributed by atoms with E-state index in [4.69, 9.17) is 9.47 Å². The van der Waals surface area contributed by atoms with Gasteiger partial charge in [0.05, 0.1) is 50.2 Å². The van der Waals surface area contributed by atoms with Crippen molar-refractivity contribution in [3.8, 4) is 5.75 Å². The molecule has 4 heterocycles. The van der Waals surface area contributed by atoms with Crippen LogP contribution in [0.5, 0.6) is 5.75 Å². The predicted molar refractivity (Wildman–Crippen MR) is 188 cm³/mol. The number of aliphatic hydroxyl groups is 1. The van der Waals surface area contributed by atoms with Crippen molar-refractivity contribution in [1.82, 2.24) is 4.90 Å². The summed E-state index contributed by atoms with van der Waals surface area (Å²) in [4.78, 5) is 58.7. The van der Waals surface area contributed by atoms with Crippen LogP contribution in [0.4, 0.5) is 17.1 Å². The highest BCUT2D eigenvalue weighted by molar-refractivity contribution is 6.71. The van der Waals surface area contributed by atoms with Crippen LogP contribution in [0.15, 0.2) is 66.7 Å². The van der Waals surface area contributed by atoms with E-state index in [0.717, 1.165) is 35.3 Å². The molecular formula is C38H45N3O7Si. The van der Waals surface area contributed by atoms with Gasteiger partial charge in [-0.3, -0.25) is 19.3 Å². The van der Waals surface area contributed by atoms with Crippen molar-refractivity contribution in [3.63, 3.8) is 0 Å². The Kier molecular flexibility index (Phi) is 8.67. The number of para-hydroxylation sites is 1. The van der Waals surface area contributed by atoms with Crippen LogP contribution in [0.1, 0.15) is 49.3 Å². The smallest absolute Gasteiger partial charge is 0.264 e. The van der Waals surface area contributed by atoms with E-state index in [0.29, 0.717) is 36.4 Å². The first-order chi connectivity index (χ1) is 23.5. The lowest BCUT2D eigenvalue weighted by atomic mass is 9.82. The highest BCUT2D eigenvalue weighted by atomic mass is 28.4. The van der Waals surface area contributed by atoms with Gasteiger partial charge in [-0.25, -0.2) is 0 Å². The first-order valence-electron chi connectivity index (χ1n) is 17.3.